The van der Waals surface area contributed by atoms with E-state index in [0.29, 0.717) is 5.02 Å². The van der Waals surface area contributed by atoms with E-state index in [1.54, 1.807) is 24.3 Å². The van der Waals surface area contributed by atoms with Crippen LogP contribution in [-0.2, 0) is 16.8 Å². The van der Waals surface area contributed by atoms with E-state index >= 15 is 0 Å². The molecule has 18 heavy (non-hydrogen) atoms. The molecule has 1 rings (SSSR count). The monoisotopic (exact) mass is 286 g/mol. The van der Waals surface area contributed by atoms with Crippen LogP contribution in [0.4, 0.5) is 0 Å². The lowest BCUT2D eigenvalue weighted by atomic mass is 10.2. The van der Waals surface area contributed by atoms with Crippen molar-refractivity contribution in [3.63, 3.8) is 0 Å². The zero-order chi connectivity index (χ0) is 13.8. The van der Waals surface area contributed by atoms with Gasteiger partial charge in [0.2, 0.25) is 0 Å². The van der Waals surface area contributed by atoms with Crippen molar-refractivity contribution in [2.24, 2.45) is 0 Å². The summed E-state index contributed by atoms with van der Waals surface area (Å²) in [5.74, 6) is 2.35. The second kappa shape index (κ2) is 6.21. The van der Waals surface area contributed by atoms with E-state index in [-0.39, 0.29) is 13.1 Å². The summed E-state index contributed by atoms with van der Waals surface area (Å²) in [6.07, 6.45) is 5.21. The highest BCUT2D eigenvalue weighted by atomic mass is 35.5. The van der Waals surface area contributed by atoms with Gasteiger partial charge in [-0.2, -0.15) is 17.0 Å². The van der Waals surface area contributed by atoms with E-state index < -0.39 is 10.2 Å². The highest BCUT2D eigenvalue weighted by Gasteiger charge is 2.24. The van der Waals surface area contributed by atoms with Gasteiger partial charge >= 0.3 is 0 Å². The van der Waals surface area contributed by atoms with Gasteiger partial charge in [0, 0.05) is 25.7 Å². The van der Waals surface area contributed by atoms with Crippen LogP contribution >= 0.6 is 11.6 Å². The number of terminal acetylenes is 1. The van der Waals surface area contributed by atoms with Gasteiger partial charge in [-0.25, -0.2) is 0 Å². The van der Waals surface area contributed by atoms with Gasteiger partial charge in [-0.3, -0.25) is 0 Å². The van der Waals surface area contributed by atoms with Crippen molar-refractivity contribution in [3.8, 4) is 12.3 Å². The maximum atomic E-state index is 12.0. The molecule has 0 atom stereocenters. The second-order valence-corrected chi connectivity index (χ2v) is 6.40. The molecular formula is C12H15ClN2O2S. The molecule has 0 fully saturated rings. The number of hydrogen-bond acceptors (Lipinski definition) is 2. The molecule has 0 amide bonds. The van der Waals surface area contributed by atoms with Crippen LogP contribution in [0.1, 0.15) is 5.56 Å². The first-order valence-electron chi connectivity index (χ1n) is 5.24. The average molecular weight is 287 g/mol. The normalized spacial score (nSPS) is 11.8. The smallest absolute Gasteiger partial charge is 0.195 e. The molecule has 6 heteroatoms. The van der Waals surface area contributed by atoms with Crippen LogP contribution in [0.25, 0.3) is 0 Å². The summed E-state index contributed by atoms with van der Waals surface area (Å²) in [6, 6.07) is 7.08. The Labute approximate surface area is 113 Å². The maximum absolute atomic E-state index is 12.0. The van der Waals surface area contributed by atoms with Crippen molar-refractivity contribution in [2.75, 3.05) is 20.6 Å². The van der Waals surface area contributed by atoms with Gasteiger partial charge in [0.1, 0.15) is 0 Å². The van der Waals surface area contributed by atoms with Gasteiger partial charge in [-0.05, 0) is 11.6 Å². The Morgan fingerprint density at radius 2 is 1.94 bits per heavy atom. The van der Waals surface area contributed by atoms with Gasteiger partial charge in [-0.15, -0.1) is 6.42 Å². The summed E-state index contributed by atoms with van der Waals surface area (Å²) in [5.41, 5.74) is 0.722. The number of nitrogens with zero attached hydrogens (tertiary/aromatic N) is 2. The SMILES string of the molecule is C#CCN(Cc1ccccc1Cl)S(=O)(=O)N(C)C. The molecule has 0 spiro atoms. The lowest BCUT2D eigenvalue weighted by Crippen LogP contribution is -2.39. The first-order chi connectivity index (χ1) is 8.39. The largest absolute Gasteiger partial charge is 0.282 e. The lowest BCUT2D eigenvalue weighted by molar-refractivity contribution is 0.397. The highest BCUT2D eigenvalue weighted by molar-refractivity contribution is 7.86. The molecule has 0 radical (unpaired) electrons. The van der Waals surface area contributed by atoms with Crippen molar-refractivity contribution < 1.29 is 8.42 Å². The summed E-state index contributed by atoms with van der Waals surface area (Å²) in [5, 5.41) is 0.522. The highest BCUT2D eigenvalue weighted by Crippen LogP contribution is 2.19. The predicted octanol–water partition coefficient (Wildman–Crippen LogP) is 1.58. The molecule has 98 valence electrons. The molecule has 0 aliphatic rings. The quantitative estimate of drug-likeness (QED) is 0.771. The van der Waals surface area contributed by atoms with Gasteiger partial charge in [0.15, 0.2) is 0 Å². The Morgan fingerprint density at radius 3 is 2.44 bits per heavy atom. The zero-order valence-corrected chi connectivity index (χ0v) is 11.9. The van der Waals surface area contributed by atoms with E-state index in [0.717, 1.165) is 9.87 Å². The van der Waals surface area contributed by atoms with Crippen molar-refractivity contribution in [2.45, 2.75) is 6.54 Å². The fraction of sp³-hybridized carbons (Fsp3) is 0.333. The van der Waals surface area contributed by atoms with Gasteiger partial charge in [-0.1, -0.05) is 35.7 Å². The summed E-state index contributed by atoms with van der Waals surface area (Å²) in [6.45, 7) is 0.163. The summed E-state index contributed by atoms with van der Waals surface area (Å²) < 4.78 is 26.4. The number of hydrogen-bond donors (Lipinski definition) is 0. The fourth-order valence-corrected chi connectivity index (χ4v) is 2.57. The molecule has 0 aromatic heterocycles. The summed E-state index contributed by atoms with van der Waals surface area (Å²) >= 11 is 6.01. The molecule has 0 saturated heterocycles. The lowest BCUT2D eigenvalue weighted by Gasteiger charge is -2.23. The fourth-order valence-electron chi connectivity index (χ4n) is 1.37. The molecule has 0 unspecified atom stereocenters. The number of benzene rings is 1. The molecule has 0 heterocycles. The first-order valence-corrected chi connectivity index (χ1v) is 7.01. The van der Waals surface area contributed by atoms with E-state index in [1.165, 1.54) is 18.4 Å². The van der Waals surface area contributed by atoms with Crippen molar-refractivity contribution in [1.29, 1.82) is 0 Å². The summed E-state index contributed by atoms with van der Waals surface area (Å²) in [7, 11) is -0.623. The van der Waals surface area contributed by atoms with Crippen LogP contribution < -0.4 is 0 Å². The first kappa shape index (κ1) is 15.0. The Kier molecular flexibility index (Phi) is 5.17. The Balaban J connectivity index is 3.03. The minimum absolute atomic E-state index is 0.00569. The van der Waals surface area contributed by atoms with Crippen LogP contribution in [-0.4, -0.2) is 37.7 Å². The van der Waals surface area contributed by atoms with Crippen LogP contribution in [0.15, 0.2) is 24.3 Å². The van der Waals surface area contributed by atoms with Gasteiger partial charge in [0.25, 0.3) is 10.2 Å². The van der Waals surface area contributed by atoms with E-state index in [2.05, 4.69) is 5.92 Å². The van der Waals surface area contributed by atoms with Crippen molar-refractivity contribution in [3.05, 3.63) is 34.9 Å². The van der Waals surface area contributed by atoms with E-state index in [9.17, 15) is 8.42 Å². The molecule has 1 aromatic rings. The Hall–Kier alpha value is -1.06. The third kappa shape index (κ3) is 3.47. The van der Waals surface area contributed by atoms with Crippen molar-refractivity contribution in [1.82, 2.24) is 8.61 Å². The second-order valence-electron chi connectivity index (χ2n) is 3.85. The molecule has 1 aromatic carbocycles. The molecule has 0 aliphatic carbocycles. The maximum Gasteiger partial charge on any atom is 0.282 e. The van der Waals surface area contributed by atoms with E-state index in [1.807, 2.05) is 0 Å². The van der Waals surface area contributed by atoms with Gasteiger partial charge < -0.3 is 0 Å². The number of rotatable bonds is 5. The van der Waals surface area contributed by atoms with Crippen LogP contribution in [0.3, 0.4) is 0 Å². The molecule has 0 N–H and O–H groups in total. The van der Waals surface area contributed by atoms with Crippen LogP contribution in [0, 0.1) is 12.3 Å². The Bertz CT molecular complexity index is 549. The molecule has 0 bridgehead atoms. The Morgan fingerprint density at radius 1 is 1.33 bits per heavy atom. The number of halogens is 1. The molecular weight excluding hydrogens is 272 g/mol. The van der Waals surface area contributed by atoms with Gasteiger partial charge in [0.05, 0.1) is 6.54 Å². The molecule has 0 aliphatic heterocycles. The van der Waals surface area contributed by atoms with Crippen LogP contribution in [0.2, 0.25) is 5.02 Å². The predicted molar refractivity (Wildman–Crippen MR) is 73.3 cm³/mol. The summed E-state index contributed by atoms with van der Waals surface area (Å²) in [4.78, 5) is 0. The standard InChI is InChI=1S/C12H15ClN2O2S/c1-4-9-15(18(16,17)14(2)3)10-11-7-5-6-8-12(11)13/h1,5-8H,9-10H2,2-3H3. The minimum Gasteiger partial charge on any atom is -0.195 e. The van der Waals surface area contributed by atoms with Crippen LogP contribution in [0.5, 0.6) is 0 Å². The van der Waals surface area contributed by atoms with Crippen molar-refractivity contribution >= 4 is 21.8 Å². The minimum atomic E-state index is -3.55. The third-order valence-electron chi connectivity index (χ3n) is 2.36. The molecule has 0 saturated carbocycles. The zero-order valence-electron chi connectivity index (χ0n) is 10.3. The third-order valence-corrected chi connectivity index (χ3v) is 4.56. The average Bonchev–Trinajstić information content (AvgIpc) is 2.31. The van der Waals surface area contributed by atoms with E-state index in [4.69, 9.17) is 18.0 Å². The molecule has 4 nitrogen and oxygen atoms in total. The topological polar surface area (TPSA) is 40.6 Å².